The highest BCUT2D eigenvalue weighted by atomic mass is 35.5. The van der Waals surface area contributed by atoms with E-state index in [2.05, 4.69) is 0 Å². The number of benzene rings is 2. The fourth-order valence-electron chi connectivity index (χ4n) is 1.64. The minimum Gasteiger partial charge on any atom is -0.456 e. The van der Waals surface area contributed by atoms with Gasteiger partial charge in [-0.2, -0.15) is 0 Å². The first kappa shape index (κ1) is 13.2. The van der Waals surface area contributed by atoms with Gasteiger partial charge in [0.2, 0.25) is 5.91 Å². The van der Waals surface area contributed by atoms with Crippen molar-refractivity contribution in [3.05, 3.63) is 52.5 Å². The van der Waals surface area contributed by atoms with Crippen LogP contribution in [0.15, 0.2) is 36.4 Å². The van der Waals surface area contributed by atoms with Crippen molar-refractivity contribution in [1.82, 2.24) is 0 Å². The van der Waals surface area contributed by atoms with Crippen molar-refractivity contribution in [2.45, 2.75) is 6.92 Å². The van der Waals surface area contributed by atoms with Crippen molar-refractivity contribution in [2.24, 2.45) is 5.73 Å². The van der Waals surface area contributed by atoms with Gasteiger partial charge in [0.15, 0.2) is 0 Å². The molecule has 4 nitrogen and oxygen atoms in total. The summed E-state index contributed by atoms with van der Waals surface area (Å²) >= 11 is 6.05. The van der Waals surface area contributed by atoms with Crippen LogP contribution in [0.1, 0.15) is 15.9 Å². The van der Waals surface area contributed by atoms with Gasteiger partial charge in [0, 0.05) is 11.3 Å². The second-order valence-electron chi connectivity index (χ2n) is 4.14. The van der Waals surface area contributed by atoms with Gasteiger partial charge in [0.1, 0.15) is 11.5 Å². The van der Waals surface area contributed by atoms with E-state index in [9.17, 15) is 4.79 Å². The Kier molecular flexibility index (Phi) is 3.62. The molecule has 2 rings (SSSR count). The Hall–Kier alpha value is -2.20. The van der Waals surface area contributed by atoms with Gasteiger partial charge < -0.3 is 16.2 Å². The Labute approximate surface area is 115 Å². The van der Waals surface area contributed by atoms with Crippen molar-refractivity contribution in [2.75, 3.05) is 5.73 Å². The molecular formula is C14H13ClN2O2. The number of nitrogens with two attached hydrogens (primary N) is 2. The molecule has 0 aliphatic heterocycles. The van der Waals surface area contributed by atoms with Crippen LogP contribution in [-0.2, 0) is 0 Å². The van der Waals surface area contributed by atoms with Gasteiger partial charge in [0.05, 0.1) is 5.02 Å². The number of halogens is 1. The number of nitrogen functional groups attached to an aromatic ring is 1. The van der Waals surface area contributed by atoms with Gasteiger partial charge in [-0.1, -0.05) is 11.6 Å². The summed E-state index contributed by atoms with van der Waals surface area (Å²) in [5.74, 6) is 0.583. The smallest absolute Gasteiger partial charge is 0.248 e. The standard InChI is InChI=1S/C14H13ClN2O2/c1-8-6-10(16)3-5-12(8)19-13-4-2-9(14(17)18)7-11(13)15/h2-7H,16H2,1H3,(H2,17,18). The van der Waals surface area contributed by atoms with E-state index in [0.29, 0.717) is 27.8 Å². The van der Waals surface area contributed by atoms with Crippen LogP contribution < -0.4 is 16.2 Å². The van der Waals surface area contributed by atoms with E-state index < -0.39 is 5.91 Å². The second kappa shape index (κ2) is 5.20. The summed E-state index contributed by atoms with van der Waals surface area (Å²) < 4.78 is 5.69. The summed E-state index contributed by atoms with van der Waals surface area (Å²) in [6, 6.07) is 9.97. The Morgan fingerprint density at radius 2 is 1.84 bits per heavy atom. The van der Waals surface area contributed by atoms with Crippen molar-refractivity contribution < 1.29 is 9.53 Å². The van der Waals surface area contributed by atoms with Gasteiger partial charge in [0.25, 0.3) is 0 Å². The van der Waals surface area contributed by atoms with Crippen molar-refractivity contribution in [1.29, 1.82) is 0 Å². The molecule has 98 valence electrons. The molecule has 0 radical (unpaired) electrons. The number of carbonyl (C=O) groups excluding carboxylic acids is 1. The van der Waals surface area contributed by atoms with Crippen LogP contribution in [0, 0.1) is 6.92 Å². The SMILES string of the molecule is Cc1cc(N)ccc1Oc1ccc(C(N)=O)cc1Cl. The highest BCUT2D eigenvalue weighted by Gasteiger charge is 2.09. The molecule has 0 spiro atoms. The second-order valence-corrected chi connectivity index (χ2v) is 4.54. The summed E-state index contributed by atoms with van der Waals surface area (Å²) in [4.78, 5) is 11.0. The molecule has 0 aromatic heterocycles. The molecule has 0 aliphatic carbocycles. The Balaban J connectivity index is 2.31. The van der Waals surface area contributed by atoms with E-state index in [0.717, 1.165) is 5.56 Å². The number of amides is 1. The number of anilines is 1. The quantitative estimate of drug-likeness (QED) is 0.846. The summed E-state index contributed by atoms with van der Waals surface area (Å²) in [5.41, 5.74) is 12.7. The number of aryl methyl sites for hydroxylation is 1. The molecule has 1 amide bonds. The zero-order valence-electron chi connectivity index (χ0n) is 10.3. The Morgan fingerprint density at radius 1 is 1.16 bits per heavy atom. The Bertz CT molecular complexity index is 641. The van der Waals surface area contributed by atoms with Crippen LogP contribution in [0.4, 0.5) is 5.69 Å². The fraction of sp³-hybridized carbons (Fsp3) is 0.0714. The highest BCUT2D eigenvalue weighted by Crippen LogP contribution is 2.32. The van der Waals surface area contributed by atoms with Crippen LogP contribution in [0.3, 0.4) is 0 Å². The van der Waals surface area contributed by atoms with Gasteiger partial charge in [-0.05, 0) is 48.9 Å². The lowest BCUT2D eigenvalue weighted by molar-refractivity contribution is 0.100. The maximum absolute atomic E-state index is 11.0. The lowest BCUT2D eigenvalue weighted by Gasteiger charge is -2.11. The topological polar surface area (TPSA) is 78.3 Å². The third kappa shape index (κ3) is 2.98. The molecule has 0 heterocycles. The summed E-state index contributed by atoms with van der Waals surface area (Å²) in [6.45, 7) is 1.89. The predicted octanol–water partition coefficient (Wildman–Crippen LogP) is 3.12. The lowest BCUT2D eigenvalue weighted by atomic mass is 10.2. The largest absolute Gasteiger partial charge is 0.456 e. The van der Waals surface area contributed by atoms with Crippen molar-refractivity contribution >= 4 is 23.2 Å². The summed E-state index contributed by atoms with van der Waals surface area (Å²) in [7, 11) is 0. The van der Waals surface area contributed by atoms with Gasteiger partial charge in [-0.3, -0.25) is 4.79 Å². The first-order chi connectivity index (χ1) is 8.97. The number of carbonyl (C=O) groups is 1. The van der Waals surface area contributed by atoms with E-state index in [4.69, 9.17) is 27.8 Å². The van der Waals surface area contributed by atoms with Crippen LogP contribution in [-0.4, -0.2) is 5.91 Å². The molecular weight excluding hydrogens is 264 g/mol. The lowest BCUT2D eigenvalue weighted by Crippen LogP contribution is -2.10. The van der Waals surface area contributed by atoms with Crippen LogP contribution in [0.2, 0.25) is 5.02 Å². The van der Waals surface area contributed by atoms with E-state index in [-0.39, 0.29) is 0 Å². The molecule has 2 aromatic rings. The van der Waals surface area contributed by atoms with Gasteiger partial charge >= 0.3 is 0 Å². The van der Waals surface area contributed by atoms with Gasteiger partial charge in [-0.15, -0.1) is 0 Å². The molecule has 4 N–H and O–H groups in total. The maximum Gasteiger partial charge on any atom is 0.248 e. The van der Waals surface area contributed by atoms with Crippen LogP contribution in [0.25, 0.3) is 0 Å². The molecule has 0 saturated carbocycles. The van der Waals surface area contributed by atoms with E-state index >= 15 is 0 Å². The number of hydrogen-bond acceptors (Lipinski definition) is 3. The number of primary amides is 1. The highest BCUT2D eigenvalue weighted by molar-refractivity contribution is 6.32. The molecule has 0 atom stereocenters. The van der Waals surface area contributed by atoms with E-state index in [1.807, 2.05) is 6.92 Å². The zero-order valence-corrected chi connectivity index (χ0v) is 11.1. The number of hydrogen-bond donors (Lipinski definition) is 2. The fourth-order valence-corrected chi connectivity index (χ4v) is 1.86. The molecule has 0 aliphatic rings. The average molecular weight is 277 g/mol. The molecule has 0 saturated heterocycles. The molecule has 0 fully saturated rings. The number of rotatable bonds is 3. The average Bonchev–Trinajstić information content (AvgIpc) is 2.34. The maximum atomic E-state index is 11.0. The molecule has 2 aromatic carbocycles. The zero-order chi connectivity index (χ0) is 14.0. The van der Waals surface area contributed by atoms with E-state index in [1.165, 1.54) is 6.07 Å². The molecule has 0 unspecified atom stereocenters. The Morgan fingerprint density at radius 3 is 2.42 bits per heavy atom. The number of ether oxygens (including phenoxy) is 1. The first-order valence-electron chi connectivity index (χ1n) is 5.60. The van der Waals surface area contributed by atoms with Gasteiger partial charge in [-0.25, -0.2) is 0 Å². The predicted molar refractivity (Wildman–Crippen MR) is 75.6 cm³/mol. The van der Waals surface area contributed by atoms with E-state index in [1.54, 1.807) is 30.3 Å². The first-order valence-corrected chi connectivity index (χ1v) is 5.98. The normalized spacial score (nSPS) is 10.2. The van der Waals surface area contributed by atoms with Crippen molar-refractivity contribution in [3.63, 3.8) is 0 Å². The molecule has 19 heavy (non-hydrogen) atoms. The third-order valence-electron chi connectivity index (χ3n) is 2.64. The molecule has 5 heteroatoms. The minimum atomic E-state index is -0.530. The van der Waals surface area contributed by atoms with Crippen molar-refractivity contribution in [3.8, 4) is 11.5 Å². The minimum absolute atomic E-state index is 0.326. The van der Waals surface area contributed by atoms with Crippen LogP contribution >= 0.6 is 11.6 Å². The van der Waals surface area contributed by atoms with Crippen LogP contribution in [0.5, 0.6) is 11.5 Å². The third-order valence-corrected chi connectivity index (χ3v) is 2.93. The monoisotopic (exact) mass is 276 g/mol. The summed E-state index contributed by atoms with van der Waals surface area (Å²) in [5, 5.41) is 0.326. The summed E-state index contributed by atoms with van der Waals surface area (Å²) in [6.07, 6.45) is 0. The molecule has 0 bridgehead atoms.